The maximum absolute atomic E-state index is 2.34. The third kappa shape index (κ3) is 2.41. The summed E-state index contributed by atoms with van der Waals surface area (Å²) in [6, 6.07) is 13.0. The smallest absolute Gasteiger partial charge is 0.00229 e. The SMILES string of the molecule is Cc1cc(Cc2ccccc2)c(C)c(C)c1C. The van der Waals surface area contributed by atoms with Gasteiger partial charge in [0.05, 0.1) is 0 Å². The molecule has 0 saturated carbocycles. The second-order valence-corrected chi connectivity index (χ2v) is 4.89. The van der Waals surface area contributed by atoms with Crippen molar-refractivity contribution in [1.29, 1.82) is 0 Å². The van der Waals surface area contributed by atoms with Gasteiger partial charge >= 0.3 is 0 Å². The minimum absolute atomic E-state index is 1.04. The number of benzene rings is 2. The van der Waals surface area contributed by atoms with Crippen molar-refractivity contribution in [1.82, 2.24) is 0 Å². The molecule has 0 aromatic heterocycles. The van der Waals surface area contributed by atoms with Gasteiger partial charge in [0.15, 0.2) is 0 Å². The maximum atomic E-state index is 2.34. The lowest BCUT2D eigenvalue weighted by Gasteiger charge is -2.14. The molecule has 17 heavy (non-hydrogen) atoms. The van der Waals surface area contributed by atoms with Crippen molar-refractivity contribution in [2.24, 2.45) is 0 Å². The van der Waals surface area contributed by atoms with E-state index in [0.717, 1.165) is 6.42 Å². The Morgan fingerprint density at radius 2 is 1.41 bits per heavy atom. The summed E-state index contributed by atoms with van der Waals surface area (Å²) in [5, 5.41) is 0. The van der Waals surface area contributed by atoms with Crippen molar-refractivity contribution < 1.29 is 0 Å². The van der Waals surface area contributed by atoms with Crippen LogP contribution in [0.5, 0.6) is 0 Å². The highest BCUT2D eigenvalue weighted by molar-refractivity contribution is 5.45. The first kappa shape index (κ1) is 11.9. The normalized spacial score (nSPS) is 10.6. The minimum Gasteiger partial charge on any atom is -0.0622 e. The summed E-state index contributed by atoms with van der Waals surface area (Å²) in [6.07, 6.45) is 1.04. The monoisotopic (exact) mass is 224 g/mol. The molecule has 0 aliphatic carbocycles. The number of rotatable bonds is 2. The highest BCUT2D eigenvalue weighted by Crippen LogP contribution is 2.23. The van der Waals surface area contributed by atoms with Crippen molar-refractivity contribution in [3.05, 3.63) is 69.8 Å². The van der Waals surface area contributed by atoms with Gasteiger partial charge in [0.1, 0.15) is 0 Å². The lowest BCUT2D eigenvalue weighted by molar-refractivity contribution is 1.10. The highest BCUT2D eigenvalue weighted by atomic mass is 14.1. The van der Waals surface area contributed by atoms with Crippen LogP contribution in [0.2, 0.25) is 0 Å². The van der Waals surface area contributed by atoms with Crippen LogP contribution in [0.4, 0.5) is 0 Å². The van der Waals surface area contributed by atoms with Crippen molar-refractivity contribution in [2.75, 3.05) is 0 Å². The van der Waals surface area contributed by atoms with Crippen molar-refractivity contribution in [2.45, 2.75) is 34.1 Å². The summed E-state index contributed by atoms with van der Waals surface area (Å²) < 4.78 is 0. The van der Waals surface area contributed by atoms with Gasteiger partial charge in [-0.2, -0.15) is 0 Å². The van der Waals surface area contributed by atoms with Crippen molar-refractivity contribution in [3.8, 4) is 0 Å². The molecule has 0 heteroatoms. The quantitative estimate of drug-likeness (QED) is 0.704. The van der Waals surface area contributed by atoms with Gasteiger partial charge in [0, 0.05) is 0 Å². The largest absolute Gasteiger partial charge is 0.0622 e. The van der Waals surface area contributed by atoms with Gasteiger partial charge in [-0.3, -0.25) is 0 Å². The van der Waals surface area contributed by atoms with Crippen LogP contribution < -0.4 is 0 Å². The molecule has 0 aliphatic rings. The standard InChI is InChI=1S/C17H20/c1-12-10-17(15(4)14(3)13(12)2)11-16-8-6-5-7-9-16/h5-10H,11H2,1-4H3. The first-order valence-corrected chi connectivity index (χ1v) is 6.20. The molecule has 0 saturated heterocycles. The Morgan fingerprint density at radius 1 is 0.765 bits per heavy atom. The molecule has 0 spiro atoms. The molecule has 0 fully saturated rings. The first-order chi connectivity index (χ1) is 8.09. The molecule has 2 aromatic rings. The number of aryl methyl sites for hydroxylation is 1. The van der Waals surface area contributed by atoms with Crippen LogP contribution in [0.3, 0.4) is 0 Å². The molecule has 2 rings (SSSR count). The van der Waals surface area contributed by atoms with Crippen LogP contribution in [-0.2, 0) is 6.42 Å². The highest BCUT2D eigenvalue weighted by Gasteiger charge is 2.07. The zero-order chi connectivity index (χ0) is 12.4. The Kier molecular flexibility index (Phi) is 3.33. The second-order valence-electron chi connectivity index (χ2n) is 4.89. The van der Waals surface area contributed by atoms with Crippen LogP contribution >= 0.6 is 0 Å². The zero-order valence-electron chi connectivity index (χ0n) is 11.2. The third-order valence-corrected chi connectivity index (χ3v) is 3.83. The molecule has 0 atom stereocenters. The number of hydrogen-bond donors (Lipinski definition) is 0. The van der Waals surface area contributed by atoms with Crippen molar-refractivity contribution in [3.63, 3.8) is 0 Å². The lowest BCUT2D eigenvalue weighted by atomic mass is 9.91. The Labute approximate surface area is 104 Å². The summed E-state index contributed by atoms with van der Waals surface area (Å²) in [7, 11) is 0. The van der Waals surface area contributed by atoms with E-state index >= 15 is 0 Å². The summed E-state index contributed by atoms with van der Waals surface area (Å²) in [5.74, 6) is 0. The van der Waals surface area contributed by atoms with E-state index in [1.54, 1.807) is 0 Å². The van der Waals surface area contributed by atoms with E-state index in [2.05, 4.69) is 64.1 Å². The zero-order valence-corrected chi connectivity index (χ0v) is 11.2. The van der Waals surface area contributed by atoms with E-state index in [0.29, 0.717) is 0 Å². The molecule has 0 N–H and O–H groups in total. The Morgan fingerprint density at radius 3 is 2.06 bits per heavy atom. The average molecular weight is 224 g/mol. The van der Waals surface area contributed by atoms with Crippen LogP contribution in [0.15, 0.2) is 36.4 Å². The van der Waals surface area contributed by atoms with Crippen LogP contribution in [0.25, 0.3) is 0 Å². The van der Waals surface area contributed by atoms with Crippen LogP contribution in [0.1, 0.15) is 33.4 Å². The molecule has 0 nitrogen and oxygen atoms in total. The maximum Gasteiger partial charge on any atom is -0.00229 e. The van der Waals surface area contributed by atoms with E-state index in [9.17, 15) is 0 Å². The number of hydrogen-bond acceptors (Lipinski definition) is 0. The summed E-state index contributed by atoms with van der Waals surface area (Å²) in [6.45, 7) is 8.88. The molecule has 0 heterocycles. The fourth-order valence-corrected chi connectivity index (χ4v) is 2.30. The summed E-state index contributed by atoms with van der Waals surface area (Å²) in [4.78, 5) is 0. The molecule has 0 unspecified atom stereocenters. The predicted molar refractivity (Wildman–Crippen MR) is 74.6 cm³/mol. The first-order valence-electron chi connectivity index (χ1n) is 6.20. The van der Waals surface area contributed by atoms with Gasteiger partial charge in [-0.05, 0) is 67.5 Å². The van der Waals surface area contributed by atoms with Crippen molar-refractivity contribution >= 4 is 0 Å². The Hall–Kier alpha value is -1.56. The van der Waals surface area contributed by atoms with Crippen LogP contribution in [-0.4, -0.2) is 0 Å². The fraction of sp³-hybridized carbons (Fsp3) is 0.294. The van der Waals surface area contributed by atoms with Gasteiger partial charge in [0.2, 0.25) is 0 Å². The van der Waals surface area contributed by atoms with Gasteiger partial charge in [-0.15, -0.1) is 0 Å². The van der Waals surface area contributed by atoms with E-state index in [1.165, 1.54) is 33.4 Å². The predicted octanol–water partition coefficient (Wildman–Crippen LogP) is 4.51. The van der Waals surface area contributed by atoms with E-state index in [4.69, 9.17) is 0 Å². The van der Waals surface area contributed by atoms with Gasteiger partial charge in [0.25, 0.3) is 0 Å². The minimum atomic E-state index is 1.04. The molecule has 88 valence electrons. The van der Waals surface area contributed by atoms with Gasteiger partial charge in [-0.25, -0.2) is 0 Å². The van der Waals surface area contributed by atoms with Crippen LogP contribution in [0, 0.1) is 27.7 Å². The fourth-order valence-electron chi connectivity index (χ4n) is 2.30. The molecular formula is C17H20. The van der Waals surface area contributed by atoms with E-state index < -0.39 is 0 Å². The lowest BCUT2D eigenvalue weighted by Crippen LogP contribution is -1.98. The molecule has 2 aromatic carbocycles. The van der Waals surface area contributed by atoms with E-state index in [-0.39, 0.29) is 0 Å². The Balaban J connectivity index is 2.41. The molecule has 0 amide bonds. The molecular weight excluding hydrogens is 204 g/mol. The Bertz CT molecular complexity index is 521. The second kappa shape index (κ2) is 4.75. The summed E-state index contributed by atoms with van der Waals surface area (Å²) >= 11 is 0. The van der Waals surface area contributed by atoms with Gasteiger partial charge in [-0.1, -0.05) is 36.4 Å². The molecule has 0 aliphatic heterocycles. The average Bonchev–Trinajstić information content (AvgIpc) is 2.35. The molecule has 0 bridgehead atoms. The topological polar surface area (TPSA) is 0 Å². The third-order valence-electron chi connectivity index (χ3n) is 3.83. The van der Waals surface area contributed by atoms with Gasteiger partial charge < -0.3 is 0 Å². The summed E-state index contributed by atoms with van der Waals surface area (Å²) in [5.41, 5.74) is 8.56. The molecule has 0 radical (unpaired) electrons. The van der Waals surface area contributed by atoms with E-state index in [1.807, 2.05) is 0 Å².